The highest BCUT2D eigenvalue weighted by Gasteiger charge is 2.37. The summed E-state index contributed by atoms with van der Waals surface area (Å²) in [6.07, 6.45) is 6.55. The van der Waals surface area contributed by atoms with Crippen molar-refractivity contribution in [3.05, 3.63) is 41.7 Å². The van der Waals surface area contributed by atoms with Gasteiger partial charge in [0.15, 0.2) is 0 Å². The lowest BCUT2D eigenvalue weighted by molar-refractivity contribution is -0.138. The molecule has 0 N–H and O–H groups in total. The number of ether oxygens (including phenoxy) is 1. The molecule has 2 fully saturated rings. The maximum absolute atomic E-state index is 12.3. The van der Waals surface area contributed by atoms with Crippen LogP contribution in [0.1, 0.15) is 25.8 Å². The lowest BCUT2D eigenvalue weighted by atomic mass is 9.98. The van der Waals surface area contributed by atoms with E-state index in [1.807, 2.05) is 31.1 Å². The van der Waals surface area contributed by atoms with Gasteiger partial charge < -0.3 is 9.64 Å². The average molecular weight is 315 g/mol. The van der Waals surface area contributed by atoms with Crippen molar-refractivity contribution in [1.82, 2.24) is 14.8 Å². The molecule has 5 heteroatoms. The molecule has 1 amide bonds. The second-order valence-corrected chi connectivity index (χ2v) is 6.60. The van der Waals surface area contributed by atoms with E-state index in [9.17, 15) is 4.79 Å². The zero-order valence-corrected chi connectivity index (χ0v) is 13.9. The van der Waals surface area contributed by atoms with Crippen LogP contribution < -0.4 is 0 Å². The van der Waals surface area contributed by atoms with Gasteiger partial charge in [-0.05, 0) is 38.0 Å². The zero-order chi connectivity index (χ0) is 16.2. The summed E-state index contributed by atoms with van der Waals surface area (Å²) >= 11 is 0. The van der Waals surface area contributed by atoms with Gasteiger partial charge in [-0.15, -0.1) is 0 Å². The summed E-state index contributed by atoms with van der Waals surface area (Å²) in [5.41, 5.74) is 2.30. The molecule has 0 radical (unpaired) electrons. The Bertz CT molecular complexity index is 569. The molecule has 0 unspecified atom stereocenters. The standard InChI is InChI=1S/C18H25N3O2/c1-14(2)11-18(22)21-8-5-17-16(13-21)20(9-10-23-17)12-15-3-6-19-7-4-15/h3-4,6-7,11,16-17H,5,8-10,12-13H2,1-2H3/t16-,17-/m1/s1. The number of morpholine rings is 1. The minimum atomic E-state index is 0.123. The highest BCUT2D eigenvalue weighted by Crippen LogP contribution is 2.25. The number of aromatic nitrogens is 1. The summed E-state index contributed by atoms with van der Waals surface area (Å²) < 4.78 is 5.95. The van der Waals surface area contributed by atoms with Crippen LogP contribution in [0, 0.1) is 0 Å². The monoisotopic (exact) mass is 315 g/mol. The molecule has 2 aliphatic rings. The van der Waals surface area contributed by atoms with Crippen LogP contribution in [0.4, 0.5) is 0 Å². The topological polar surface area (TPSA) is 45.7 Å². The second kappa shape index (κ2) is 7.23. The number of hydrogen-bond acceptors (Lipinski definition) is 4. The van der Waals surface area contributed by atoms with Gasteiger partial charge in [0, 0.05) is 44.6 Å². The molecule has 2 atom stereocenters. The minimum absolute atomic E-state index is 0.123. The molecule has 3 heterocycles. The zero-order valence-electron chi connectivity index (χ0n) is 13.9. The number of amides is 1. The normalized spacial score (nSPS) is 24.9. The summed E-state index contributed by atoms with van der Waals surface area (Å²) in [6.45, 7) is 8.03. The summed E-state index contributed by atoms with van der Waals surface area (Å²) in [6, 6.07) is 4.39. The van der Waals surface area contributed by atoms with E-state index >= 15 is 0 Å². The van der Waals surface area contributed by atoms with Crippen molar-refractivity contribution in [3.8, 4) is 0 Å². The van der Waals surface area contributed by atoms with Crippen LogP contribution in [0.5, 0.6) is 0 Å². The molecule has 0 aromatic carbocycles. The smallest absolute Gasteiger partial charge is 0.246 e. The highest BCUT2D eigenvalue weighted by molar-refractivity contribution is 5.88. The maximum atomic E-state index is 12.3. The van der Waals surface area contributed by atoms with E-state index in [0.717, 1.165) is 44.8 Å². The van der Waals surface area contributed by atoms with Crippen LogP contribution in [0.2, 0.25) is 0 Å². The fourth-order valence-corrected chi connectivity index (χ4v) is 3.40. The van der Waals surface area contributed by atoms with Crippen molar-refractivity contribution >= 4 is 5.91 Å². The third-order valence-corrected chi connectivity index (χ3v) is 4.56. The molecule has 23 heavy (non-hydrogen) atoms. The van der Waals surface area contributed by atoms with Crippen LogP contribution in [0.3, 0.4) is 0 Å². The molecule has 5 nitrogen and oxygen atoms in total. The van der Waals surface area contributed by atoms with Crippen LogP contribution in [-0.2, 0) is 16.1 Å². The first-order valence-electron chi connectivity index (χ1n) is 8.32. The van der Waals surface area contributed by atoms with Crippen molar-refractivity contribution in [2.45, 2.75) is 39.0 Å². The lowest BCUT2D eigenvalue weighted by Crippen LogP contribution is -2.60. The van der Waals surface area contributed by atoms with E-state index in [2.05, 4.69) is 22.0 Å². The number of piperidine rings is 1. The summed E-state index contributed by atoms with van der Waals surface area (Å²) in [7, 11) is 0. The number of carbonyl (C=O) groups excluding carboxylic acids is 1. The predicted octanol–water partition coefficient (Wildman–Crippen LogP) is 1.85. The largest absolute Gasteiger partial charge is 0.375 e. The number of nitrogens with zero attached hydrogens (tertiary/aromatic N) is 3. The molecule has 1 aromatic heterocycles. The van der Waals surface area contributed by atoms with Crippen molar-refractivity contribution in [2.24, 2.45) is 0 Å². The van der Waals surface area contributed by atoms with Gasteiger partial charge in [0.2, 0.25) is 5.91 Å². The fraction of sp³-hybridized carbons (Fsp3) is 0.556. The molecule has 2 saturated heterocycles. The predicted molar refractivity (Wildman–Crippen MR) is 88.8 cm³/mol. The quantitative estimate of drug-likeness (QED) is 0.799. The van der Waals surface area contributed by atoms with Crippen LogP contribution in [0.15, 0.2) is 36.2 Å². The molecule has 0 spiro atoms. The molecule has 1 aromatic rings. The summed E-state index contributed by atoms with van der Waals surface area (Å²) in [5, 5.41) is 0. The summed E-state index contributed by atoms with van der Waals surface area (Å²) in [5.74, 6) is 0.123. The van der Waals surface area contributed by atoms with Crippen molar-refractivity contribution in [3.63, 3.8) is 0 Å². The molecule has 124 valence electrons. The third kappa shape index (κ3) is 3.98. The van der Waals surface area contributed by atoms with Gasteiger partial charge in [0.25, 0.3) is 0 Å². The van der Waals surface area contributed by atoms with Crippen LogP contribution in [0.25, 0.3) is 0 Å². The van der Waals surface area contributed by atoms with Gasteiger partial charge in [-0.25, -0.2) is 0 Å². The van der Waals surface area contributed by atoms with E-state index in [0.29, 0.717) is 0 Å². The van der Waals surface area contributed by atoms with Gasteiger partial charge in [-0.1, -0.05) is 5.57 Å². The average Bonchev–Trinajstić information content (AvgIpc) is 2.55. The molecule has 0 saturated carbocycles. The van der Waals surface area contributed by atoms with Crippen LogP contribution in [-0.4, -0.2) is 59.1 Å². The number of hydrogen-bond donors (Lipinski definition) is 0. The lowest BCUT2D eigenvalue weighted by Gasteiger charge is -2.47. The molecular formula is C18H25N3O2. The summed E-state index contributed by atoms with van der Waals surface area (Å²) in [4.78, 5) is 20.8. The van der Waals surface area contributed by atoms with Gasteiger partial charge in [-0.2, -0.15) is 0 Å². The Labute approximate surface area is 137 Å². The van der Waals surface area contributed by atoms with E-state index in [1.165, 1.54) is 5.56 Å². The van der Waals surface area contributed by atoms with Gasteiger partial charge >= 0.3 is 0 Å². The van der Waals surface area contributed by atoms with E-state index < -0.39 is 0 Å². The Balaban J connectivity index is 1.70. The molecular weight excluding hydrogens is 290 g/mol. The Morgan fingerprint density at radius 3 is 2.87 bits per heavy atom. The molecule has 3 rings (SSSR count). The minimum Gasteiger partial charge on any atom is -0.375 e. The van der Waals surface area contributed by atoms with E-state index in [1.54, 1.807) is 6.08 Å². The Morgan fingerprint density at radius 1 is 1.35 bits per heavy atom. The first kappa shape index (κ1) is 16.1. The van der Waals surface area contributed by atoms with Crippen LogP contribution >= 0.6 is 0 Å². The number of allylic oxidation sites excluding steroid dienone is 1. The van der Waals surface area contributed by atoms with Crippen molar-refractivity contribution in [1.29, 1.82) is 0 Å². The molecule has 2 aliphatic heterocycles. The Hall–Kier alpha value is -1.72. The fourth-order valence-electron chi connectivity index (χ4n) is 3.40. The third-order valence-electron chi connectivity index (χ3n) is 4.56. The van der Waals surface area contributed by atoms with E-state index in [4.69, 9.17) is 4.74 Å². The van der Waals surface area contributed by atoms with E-state index in [-0.39, 0.29) is 18.1 Å². The first-order valence-corrected chi connectivity index (χ1v) is 8.32. The number of rotatable bonds is 3. The maximum Gasteiger partial charge on any atom is 0.246 e. The Kier molecular flexibility index (Phi) is 5.08. The molecule has 0 aliphatic carbocycles. The molecule has 0 bridgehead atoms. The first-order chi connectivity index (χ1) is 11.1. The van der Waals surface area contributed by atoms with Gasteiger partial charge in [-0.3, -0.25) is 14.7 Å². The Morgan fingerprint density at radius 2 is 2.13 bits per heavy atom. The van der Waals surface area contributed by atoms with Crippen molar-refractivity contribution in [2.75, 3.05) is 26.2 Å². The second-order valence-electron chi connectivity index (χ2n) is 6.60. The van der Waals surface area contributed by atoms with Crippen molar-refractivity contribution < 1.29 is 9.53 Å². The number of pyridine rings is 1. The highest BCUT2D eigenvalue weighted by atomic mass is 16.5. The number of carbonyl (C=O) groups is 1. The SMILES string of the molecule is CC(C)=CC(=O)N1CC[C@H]2OCCN(Cc3ccncc3)[C@@H]2C1. The number of likely N-dealkylation sites (tertiary alicyclic amines) is 1. The van der Waals surface area contributed by atoms with Gasteiger partial charge in [0.05, 0.1) is 18.8 Å². The number of fused-ring (bicyclic) bond motifs is 1. The van der Waals surface area contributed by atoms with Gasteiger partial charge in [0.1, 0.15) is 0 Å².